The maximum Gasteiger partial charge on any atom is 0.437 e. The number of amides is 1. The number of anilines is 1. The molecule has 0 atom stereocenters. The average Bonchev–Trinajstić information content (AvgIpc) is 3.25. The molecule has 2 N–H and O–H groups in total. The Morgan fingerprint density at radius 3 is 2.59 bits per heavy atom. The van der Waals surface area contributed by atoms with E-state index in [2.05, 4.69) is 25.7 Å². The summed E-state index contributed by atoms with van der Waals surface area (Å²) in [6.45, 7) is 5.13. The van der Waals surface area contributed by atoms with Crippen LogP contribution in [-0.2, 0) is 12.8 Å². The summed E-state index contributed by atoms with van der Waals surface area (Å²) in [5, 5.41) is 16.5. The quantitative estimate of drug-likeness (QED) is 0.702. The highest BCUT2D eigenvalue weighted by atomic mass is 35.5. The smallest absolute Gasteiger partial charge is 0.317 e. The Labute approximate surface area is 156 Å². The normalized spacial score (nSPS) is 11.8. The fourth-order valence-electron chi connectivity index (χ4n) is 2.48. The van der Waals surface area contributed by atoms with Crippen molar-refractivity contribution in [1.29, 1.82) is 0 Å². The van der Waals surface area contributed by atoms with Gasteiger partial charge in [-0.05, 0) is 26.8 Å². The lowest BCUT2D eigenvalue weighted by Crippen LogP contribution is -2.18. The molecule has 0 unspecified atom stereocenters. The number of aromatic amines is 1. The van der Waals surface area contributed by atoms with E-state index in [1.807, 2.05) is 0 Å². The zero-order valence-corrected chi connectivity index (χ0v) is 15.3. The molecule has 27 heavy (non-hydrogen) atoms. The minimum absolute atomic E-state index is 0.0450. The molecule has 0 aliphatic rings. The summed E-state index contributed by atoms with van der Waals surface area (Å²) in [5.74, 6) is -0.782. The van der Waals surface area contributed by atoms with Crippen LogP contribution in [0.3, 0.4) is 0 Å². The lowest BCUT2D eigenvalue weighted by atomic mass is 10.2. The van der Waals surface area contributed by atoms with E-state index in [-0.39, 0.29) is 18.1 Å². The molecule has 3 rings (SSSR count). The number of carbonyl (C=O) groups excluding carboxylic acids is 1. The van der Waals surface area contributed by atoms with E-state index in [1.54, 1.807) is 18.5 Å². The standard InChI is InChI=1S/C15H15ClF3N7O/c1-7-11(16)9(3)26(23-7)6-25-5-4-10(24-25)14(27)20-12-8(2)21-22-13(12)15(17,18)19/h4-5H,6H2,1-3H3,(H,20,27)(H,21,22). The van der Waals surface area contributed by atoms with E-state index >= 15 is 0 Å². The molecule has 144 valence electrons. The second kappa shape index (κ2) is 6.72. The van der Waals surface area contributed by atoms with Crippen molar-refractivity contribution in [2.24, 2.45) is 0 Å². The van der Waals surface area contributed by atoms with Crippen LogP contribution >= 0.6 is 11.6 Å². The number of aromatic nitrogens is 6. The van der Waals surface area contributed by atoms with Gasteiger partial charge in [-0.25, -0.2) is 4.68 Å². The Bertz CT molecular complexity index is 1000. The van der Waals surface area contributed by atoms with Crippen LogP contribution in [0.25, 0.3) is 0 Å². The summed E-state index contributed by atoms with van der Waals surface area (Å²) in [6.07, 6.45) is -3.17. The number of aryl methyl sites for hydroxylation is 2. The molecule has 1 amide bonds. The molecule has 0 aliphatic carbocycles. The van der Waals surface area contributed by atoms with E-state index in [1.165, 1.54) is 23.9 Å². The highest BCUT2D eigenvalue weighted by Crippen LogP contribution is 2.34. The van der Waals surface area contributed by atoms with Crippen molar-refractivity contribution >= 4 is 23.2 Å². The van der Waals surface area contributed by atoms with E-state index < -0.39 is 23.5 Å². The van der Waals surface area contributed by atoms with Gasteiger partial charge in [0, 0.05) is 6.20 Å². The molecule has 3 aromatic heterocycles. The first-order valence-corrected chi connectivity index (χ1v) is 8.12. The first kappa shape index (κ1) is 19.0. The maximum atomic E-state index is 13.0. The Balaban J connectivity index is 1.78. The maximum absolute atomic E-state index is 13.0. The highest BCUT2D eigenvalue weighted by molar-refractivity contribution is 6.31. The summed E-state index contributed by atoms with van der Waals surface area (Å²) in [6, 6.07) is 1.39. The first-order valence-electron chi connectivity index (χ1n) is 7.74. The van der Waals surface area contributed by atoms with Gasteiger partial charge >= 0.3 is 6.18 Å². The summed E-state index contributed by atoms with van der Waals surface area (Å²) >= 11 is 6.09. The van der Waals surface area contributed by atoms with Gasteiger partial charge in [0.05, 0.1) is 27.8 Å². The monoisotopic (exact) mass is 401 g/mol. The lowest BCUT2D eigenvalue weighted by Gasteiger charge is -2.08. The highest BCUT2D eigenvalue weighted by Gasteiger charge is 2.38. The molecule has 0 saturated carbocycles. The van der Waals surface area contributed by atoms with Gasteiger partial charge in [-0.3, -0.25) is 14.6 Å². The Hall–Kier alpha value is -2.82. The molecule has 0 spiro atoms. The number of halogens is 4. The molecular formula is C15H15ClF3N7O. The molecule has 0 aromatic carbocycles. The van der Waals surface area contributed by atoms with Crippen LogP contribution in [0.4, 0.5) is 18.9 Å². The molecule has 0 aliphatic heterocycles. The zero-order valence-electron chi connectivity index (χ0n) is 14.5. The predicted molar refractivity (Wildman–Crippen MR) is 90.6 cm³/mol. The van der Waals surface area contributed by atoms with Gasteiger partial charge in [-0.15, -0.1) is 0 Å². The lowest BCUT2D eigenvalue weighted by molar-refractivity contribution is -0.140. The minimum Gasteiger partial charge on any atom is -0.317 e. The second-order valence-corrected chi connectivity index (χ2v) is 6.27. The van der Waals surface area contributed by atoms with Gasteiger partial charge < -0.3 is 5.32 Å². The van der Waals surface area contributed by atoms with Crippen LogP contribution in [0.2, 0.25) is 5.02 Å². The topological polar surface area (TPSA) is 93.4 Å². The van der Waals surface area contributed by atoms with Crippen molar-refractivity contribution in [3.8, 4) is 0 Å². The number of nitrogens with one attached hydrogen (secondary N) is 2. The van der Waals surface area contributed by atoms with Gasteiger partial charge in [-0.2, -0.15) is 28.5 Å². The van der Waals surface area contributed by atoms with Crippen molar-refractivity contribution in [3.63, 3.8) is 0 Å². The first-order chi connectivity index (χ1) is 12.6. The Kier molecular flexibility index (Phi) is 4.72. The predicted octanol–water partition coefficient (Wildman–Crippen LogP) is 3.16. The van der Waals surface area contributed by atoms with Crippen molar-refractivity contribution < 1.29 is 18.0 Å². The fraction of sp³-hybridized carbons (Fsp3) is 0.333. The Morgan fingerprint density at radius 2 is 2.00 bits per heavy atom. The van der Waals surface area contributed by atoms with Crippen molar-refractivity contribution in [2.45, 2.75) is 33.6 Å². The third kappa shape index (κ3) is 3.68. The number of alkyl halides is 3. The van der Waals surface area contributed by atoms with Gasteiger partial charge in [0.15, 0.2) is 11.4 Å². The van der Waals surface area contributed by atoms with E-state index in [0.717, 1.165) is 5.69 Å². The van der Waals surface area contributed by atoms with Crippen molar-refractivity contribution in [1.82, 2.24) is 29.8 Å². The molecule has 0 bridgehead atoms. The van der Waals surface area contributed by atoms with Crippen LogP contribution in [0.15, 0.2) is 12.3 Å². The van der Waals surface area contributed by atoms with Crippen LogP contribution in [0.1, 0.15) is 33.3 Å². The zero-order chi connectivity index (χ0) is 19.9. The minimum atomic E-state index is -4.69. The number of rotatable bonds is 4. The van der Waals surface area contributed by atoms with Crippen LogP contribution in [0.5, 0.6) is 0 Å². The SMILES string of the molecule is Cc1nn(Cn2ccc(C(=O)Nc3c(C(F)(F)F)n[nH]c3C)n2)c(C)c1Cl. The molecular weight excluding hydrogens is 387 g/mol. The van der Waals surface area contributed by atoms with Gasteiger partial charge in [0.1, 0.15) is 6.67 Å². The number of hydrogen-bond donors (Lipinski definition) is 2. The summed E-state index contributed by atoms with van der Waals surface area (Å²) in [7, 11) is 0. The molecule has 12 heteroatoms. The number of carbonyl (C=O) groups is 1. The third-order valence-electron chi connectivity index (χ3n) is 3.90. The third-order valence-corrected chi connectivity index (χ3v) is 4.45. The van der Waals surface area contributed by atoms with E-state index in [9.17, 15) is 18.0 Å². The van der Waals surface area contributed by atoms with Crippen LogP contribution in [0, 0.1) is 20.8 Å². The van der Waals surface area contributed by atoms with Gasteiger partial charge in [-0.1, -0.05) is 11.6 Å². The van der Waals surface area contributed by atoms with Crippen molar-refractivity contribution in [2.75, 3.05) is 5.32 Å². The number of H-pyrrole nitrogens is 1. The van der Waals surface area contributed by atoms with Crippen molar-refractivity contribution in [3.05, 3.63) is 45.8 Å². The fourth-order valence-corrected chi connectivity index (χ4v) is 2.61. The van der Waals surface area contributed by atoms with Crippen LogP contribution in [-0.4, -0.2) is 35.7 Å². The Morgan fingerprint density at radius 1 is 1.30 bits per heavy atom. The van der Waals surface area contributed by atoms with Gasteiger partial charge in [0.2, 0.25) is 0 Å². The largest absolute Gasteiger partial charge is 0.437 e. The number of nitrogens with zero attached hydrogens (tertiary/aromatic N) is 5. The van der Waals surface area contributed by atoms with E-state index in [4.69, 9.17) is 11.6 Å². The molecule has 3 aromatic rings. The van der Waals surface area contributed by atoms with Crippen LogP contribution < -0.4 is 5.32 Å². The second-order valence-electron chi connectivity index (χ2n) is 5.89. The summed E-state index contributed by atoms with van der Waals surface area (Å²) < 4.78 is 41.9. The van der Waals surface area contributed by atoms with Gasteiger partial charge in [0.25, 0.3) is 5.91 Å². The average molecular weight is 402 g/mol. The van der Waals surface area contributed by atoms with E-state index in [0.29, 0.717) is 10.7 Å². The summed E-state index contributed by atoms with van der Waals surface area (Å²) in [4.78, 5) is 12.3. The number of hydrogen-bond acceptors (Lipinski definition) is 4. The molecule has 0 saturated heterocycles. The molecule has 3 heterocycles. The molecule has 8 nitrogen and oxygen atoms in total. The molecule has 0 radical (unpaired) electrons. The summed E-state index contributed by atoms with van der Waals surface area (Å²) in [5.41, 5.74) is -0.171. The molecule has 0 fully saturated rings.